The molecule has 0 saturated heterocycles. The molecule has 82 valence electrons. The van der Waals surface area contributed by atoms with Gasteiger partial charge in [-0.1, -0.05) is 0 Å². The van der Waals surface area contributed by atoms with Gasteiger partial charge < -0.3 is 5.11 Å². The maximum absolute atomic E-state index is 13.3. The molecular weight excluding hydrogens is 218 g/mol. The van der Waals surface area contributed by atoms with Crippen molar-refractivity contribution in [1.29, 1.82) is 0 Å². The fourth-order valence-electron chi connectivity index (χ4n) is 1.23. The summed E-state index contributed by atoms with van der Waals surface area (Å²) in [5, 5.41) is 12.5. The van der Waals surface area contributed by atoms with E-state index in [2.05, 4.69) is 5.10 Å². The summed E-state index contributed by atoms with van der Waals surface area (Å²) in [7, 11) is 0. The van der Waals surface area contributed by atoms with Gasteiger partial charge in [-0.3, -0.25) is 4.79 Å². The number of halogens is 2. The molecule has 0 saturated carbocycles. The van der Waals surface area contributed by atoms with Crippen LogP contribution in [-0.4, -0.2) is 14.9 Å². The summed E-state index contributed by atoms with van der Waals surface area (Å²) >= 11 is 0. The Morgan fingerprint density at radius 1 is 1.25 bits per heavy atom. The molecule has 2 rings (SSSR count). The second-order valence-corrected chi connectivity index (χ2v) is 3.06. The number of benzene rings is 1. The van der Waals surface area contributed by atoms with Gasteiger partial charge in [0.1, 0.15) is 23.1 Å². The molecule has 0 radical (unpaired) electrons. The monoisotopic (exact) mass is 224 g/mol. The van der Waals surface area contributed by atoms with Crippen LogP contribution in [0.15, 0.2) is 35.3 Å². The second kappa shape index (κ2) is 3.73. The molecule has 16 heavy (non-hydrogen) atoms. The lowest BCUT2D eigenvalue weighted by atomic mass is 10.3. The molecule has 1 heterocycles. The predicted octanol–water partition coefficient (Wildman–Crippen LogP) is 1.22. The normalized spacial score (nSPS) is 10.4. The highest BCUT2D eigenvalue weighted by Gasteiger charge is 2.09. The quantitative estimate of drug-likeness (QED) is 0.792. The van der Waals surface area contributed by atoms with Crippen LogP contribution >= 0.6 is 0 Å². The largest absolute Gasteiger partial charge is 0.506 e. The highest BCUT2D eigenvalue weighted by Crippen LogP contribution is 2.12. The highest BCUT2D eigenvalue weighted by atomic mass is 19.1. The Bertz CT molecular complexity index is 596. The van der Waals surface area contributed by atoms with Crippen LogP contribution in [0.5, 0.6) is 5.75 Å². The van der Waals surface area contributed by atoms with Gasteiger partial charge in [-0.05, 0) is 12.1 Å². The Labute approximate surface area is 88.4 Å². The molecule has 0 bridgehead atoms. The molecule has 0 fully saturated rings. The Morgan fingerprint density at radius 2 is 2.00 bits per heavy atom. The van der Waals surface area contributed by atoms with Crippen molar-refractivity contribution in [3.05, 3.63) is 52.5 Å². The van der Waals surface area contributed by atoms with Gasteiger partial charge in [-0.25, -0.2) is 8.78 Å². The number of aromatic nitrogens is 2. The zero-order valence-electron chi connectivity index (χ0n) is 7.89. The SMILES string of the molecule is O=c1cc(O)cnn1-c1cc(F)ccc1F. The van der Waals surface area contributed by atoms with E-state index in [1.807, 2.05) is 0 Å². The summed E-state index contributed by atoms with van der Waals surface area (Å²) < 4.78 is 26.9. The van der Waals surface area contributed by atoms with Crippen LogP contribution in [0.25, 0.3) is 5.69 Å². The van der Waals surface area contributed by atoms with Crippen LogP contribution in [0.3, 0.4) is 0 Å². The Kier molecular flexibility index (Phi) is 2.40. The van der Waals surface area contributed by atoms with Crippen molar-refractivity contribution in [1.82, 2.24) is 9.78 Å². The highest BCUT2D eigenvalue weighted by molar-refractivity contribution is 5.33. The first-order valence-electron chi connectivity index (χ1n) is 4.32. The van der Waals surface area contributed by atoms with E-state index in [-0.39, 0.29) is 11.4 Å². The van der Waals surface area contributed by atoms with Crippen LogP contribution in [0.1, 0.15) is 0 Å². The molecule has 1 aromatic carbocycles. The summed E-state index contributed by atoms with van der Waals surface area (Å²) in [5.41, 5.74) is -1.05. The molecule has 4 nitrogen and oxygen atoms in total. The zero-order valence-corrected chi connectivity index (χ0v) is 7.89. The third kappa shape index (κ3) is 1.77. The third-order valence-corrected chi connectivity index (χ3v) is 1.92. The summed E-state index contributed by atoms with van der Waals surface area (Å²) in [6.07, 6.45) is 0.964. The van der Waals surface area contributed by atoms with Gasteiger partial charge in [0.15, 0.2) is 0 Å². The minimum absolute atomic E-state index is 0.301. The van der Waals surface area contributed by atoms with Gasteiger partial charge in [0.2, 0.25) is 0 Å². The average molecular weight is 224 g/mol. The lowest BCUT2D eigenvalue weighted by Crippen LogP contribution is -2.20. The predicted molar refractivity (Wildman–Crippen MR) is 51.4 cm³/mol. The van der Waals surface area contributed by atoms with E-state index in [1.165, 1.54) is 0 Å². The number of nitrogens with zero attached hydrogens (tertiary/aromatic N) is 2. The van der Waals surface area contributed by atoms with Crippen molar-refractivity contribution < 1.29 is 13.9 Å². The van der Waals surface area contributed by atoms with Gasteiger partial charge >= 0.3 is 0 Å². The number of hydrogen-bond donors (Lipinski definition) is 1. The maximum Gasteiger partial charge on any atom is 0.275 e. The molecule has 6 heteroatoms. The molecule has 1 aromatic heterocycles. The minimum Gasteiger partial charge on any atom is -0.506 e. The van der Waals surface area contributed by atoms with Crippen molar-refractivity contribution in [3.63, 3.8) is 0 Å². The number of hydrogen-bond acceptors (Lipinski definition) is 3. The fourth-order valence-corrected chi connectivity index (χ4v) is 1.23. The molecular formula is C10H6F2N2O2. The fraction of sp³-hybridized carbons (Fsp3) is 0. The van der Waals surface area contributed by atoms with E-state index in [0.29, 0.717) is 4.68 Å². The molecule has 0 aliphatic heterocycles. The molecule has 0 unspecified atom stereocenters. The van der Waals surface area contributed by atoms with Gasteiger partial charge in [-0.15, -0.1) is 0 Å². The van der Waals surface area contributed by atoms with E-state index in [0.717, 1.165) is 30.5 Å². The van der Waals surface area contributed by atoms with Crippen molar-refractivity contribution >= 4 is 0 Å². The lowest BCUT2D eigenvalue weighted by molar-refractivity contribution is 0.466. The number of aromatic hydroxyl groups is 1. The Morgan fingerprint density at radius 3 is 2.69 bits per heavy atom. The lowest BCUT2D eigenvalue weighted by Gasteiger charge is -2.05. The van der Waals surface area contributed by atoms with Crippen LogP contribution in [0.4, 0.5) is 8.78 Å². The summed E-state index contributed by atoms with van der Waals surface area (Å²) in [4.78, 5) is 11.4. The summed E-state index contributed by atoms with van der Waals surface area (Å²) in [6, 6.07) is 3.54. The molecule has 0 spiro atoms. The first-order valence-corrected chi connectivity index (χ1v) is 4.32. The van der Waals surface area contributed by atoms with Gasteiger partial charge in [0, 0.05) is 12.1 Å². The second-order valence-electron chi connectivity index (χ2n) is 3.06. The van der Waals surface area contributed by atoms with Crippen LogP contribution in [-0.2, 0) is 0 Å². The smallest absolute Gasteiger partial charge is 0.275 e. The van der Waals surface area contributed by atoms with Crippen molar-refractivity contribution in [2.75, 3.05) is 0 Å². The van der Waals surface area contributed by atoms with Crippen LogP contribution < -0.4 is 5.56 Å². The summed E-state index contributed by atoms with van der Waals surface area (Å²) in [6.45, 7) is 0. The zero-order chi connectivity index (χ0) is 11.7. The molecule has 0 aliphatic rings. The third-order valence-electron chi connectivity index (χ3n) is 1.92. The van der Waals surface area contributed by atoms with E-state index in [9.17, 15) is 13.6 Å². The average Bonchev–Trinajstić information content (AvgIpc) is 2.22. The van der Waals surface area contributed by atoms with E-state index < -0.39 is 17.2 Å². The molecule has 1 N–H and O–H groups in total. The van der Waals surface area contributed by atoms with Gasteiger partial charge in [0.05, 0.1) is 6.20 Å². The minimum atomic E-state index is -0.776. The van der Waals surface area contributed by atoms with Crippen LogP contribution in [0, 0.1) is 11.6 Å². The van der Waals surface area contributed by atoms with E-state index >= 15 is 0 Å². The first kappa shape index (κ1) is 10.3. The van der Waals surface area contributed by atoms with Gasteiger partial charge in [0.25, 0.3) is 5.56 Å². The molecule has 0 atom stereocenters. The topological polar surface area (TPSA) is 55.1 Å². The standard InChI is InChI=1S/C10H6F2N2O2/c11-6-1-2-8(12)9(3-6)14-10(16)4-7(15)5-13-14/h1-5,15H. The van der Waals surface area contributed by atoms with Crippen molar-refractivity contribution in [2.45, 2.75) is 0 Å². The number of rotatable bonds is 1. The van der Waals surface area contributed by atoms with Crippen LogP contribution in [0.2, 0.25) is 0 Å². The Balaban J connectivity index is 2.67. The first-order chi connectivity index (χ1) is 7.58. The van der Waals surface area contributed by atoms with Crippen molar-refractivity contribution in [3.8, 4) is 11.4 Å². The van der Waals surface area contributed by atoms with E-state index in [1.54, 1.807) is 0 Å². The van der Waals surface area contributed by atoms with Crippen molar-refractivity contribution in [2.24, 2.45) is 0 Å². The maximum atomic E-state index is 13.3. The molecule has 2 aromatic rings. The molecule has 0 aliphatic carbocycles. The summed E-state index contributed by atoms with van der Waals surface area (Å²) in [5.74, 6) is -1.79. The Hall–Kier alpha value is -2.24. The van der Waals surface area contributed by atoms with E-state index in [4.69, 9.17) is 5.11 Å². The molecule has 0 amide bonds. The van der Waals surface area contributed by atoms with Gasteiger partial charge in [-0.2, -0.15) is 9.78 Å².